The number of unbranched alkanes of at least 4 members (excludes halogenated alkanes) is 18. The van der Waals surface area contributed by atoms with Gasteiger partial charge in [0.1, 0.15) is 19.8 Å². The summed E-state index contributed by atoms with van der Waals surface area (Å²) in [4.78, 5) is 37.2. The van der Waals surface area contributed by atoms with Crippen LogP contribution in [0.3, 0.4) is 0 Å². The van der Waals surface area contributed by atoms with Crippen LogP contribution in [0.25, 0.3) is 0 Å². The third-order valence-corrected chi connectivity index (χ3v) is 9.88. The summed E-state index contributed by atoms with van der Waals surface area (Å²) in [5.74, 6) is -0.853. The summed E-state index contributed by atoms with van der Waals surface area (Å²) in [6, 6.07) is 0. The number of quaternary nitrogens is 1. The minimum Gasteiger partial charge on any atom is -0.756 e. The molecule has 0 aromatic carbocycles. The minimum atomic E-state index is -4.61. The van der Waals surface area contributed by atoms with E-state index < -0.39 is 32.5 Å². The molecule has 10 heteroatoms. The molecule has 0 aromatic heterocycles. The van der Waals surface area contributed by atoms with Crippen LogP contribution >= 0.6 is 7.82 Å². The second kappa shape index (κ2) is 35.9. The Hall–Kier alpha value is -1.77. The van der Waals surface area contributed by atoms with Gasteiger partial charge in [-0.25, -0.2) is 0 Å². The fourth-order valence-electron chi connectivity index (χ4n) is 5.54. The molecule has 2 atom stereocenters. The largest absolute Gasteiger partial charge is 0.756 e. The van der Waals surface area contributed by atoms with Crippen LogP contribution in [-0.4, -0.2) is 70.0 Å². The Morgan fingerprint density at radius 2 is 1.02 bits per heavy atom. The summed E-state index contributed by atoms with van der Waals surface area (Å²) in [5.41, 5.74) is 0. The van der Waals surface area contributed by atoms with E-state index in [0.29, 0.717) is 17.4 Å². The van der Waals surface area contributed by atoms with Crippen molar-refractivity contribution in [3.63, 3.8) is 0 Å². The number of phosphoric acid groups is 1. The number of rotatable bonds is 38. The van der Waals surface area contributed by atoms with E-state index in [0.717, 1.165) is 70.6 Å². The predicted molar refractivity (Wildman–Crippen MR) is 217 cm³/mol. The Bertz CT molecular complexity index is 1010. The number of phosphoric ester groups is 1. The zero-order valence-corrected chi connectivity index (χ0v) is 35.6. The van der Waals surface area contributed by atoms with E-state index in [1.807, 2.05) is 21.1 Å². The Morgan fingerprint density at radius 3 is 1.51 bits per heavy atom. The summed E-state index contributed by atoms with van der Waals surface area (Å²) in [7, 11) is 1.16. The lowest BCUT2D eigenvalue weighted by molar-refractivity contribution is -0.870. The van der Waals surface area contributed by atoms with Crippen LogP contribution < -0.4 is 4.89 Å². The van der Waals surface area contributed by atoms with E-state index >= 15 is 0 Å². The number of allylic oxidation sites excluding steroid dienone is 6. The molecule has 9 nitrogen and oxygen atoms in total. The van der Waals surface area contributed by atoms with Gasteiger partial charge in [-0.15, -0.1) is 0 Å². The van der Waals surface area contributed by atoms with E-state index in [1.54, 1.807) is 0 Å². The second-order valence-corrected chi connectivity index (χ2v) is 16.8. The summed E-state index contributed by atoms with van der Waals surface area (Å²) in [5, 5.41) is 0. The first-order chi connectivity index (χ1) is 25.5. The van der Waals surface area contributed by atoms with Crippen molar-refractivity contribution in [1.82, 2.24) is 0 Å². The van der Waals surface area contributed by atoms with Crippen molar-refractivity contribution in [3.05, 3.63) is 36.5 Å². The van der Waals surface area contributed by atoms with Crippen LogP contribution in [0.15, 0.2) is 36.5 Å². The SMILES string of the molecule is CCCCCCC/C=C\C/C=C\C/C=C\CCCCCCCCCCC(=O)OC(COC(=O)CCCCCCCC)COP(=O)([O-])OCC[N+](C)(C)C. The van der Waals surface area contributed by atoms with Crippen molar-refractivity contribution in [3.8, 4) is 0 Å². The molecule has 0 aliphatic rings. The van der Waals surface area contributed by atoms with Crippen LogP contribution in [-0.2, 0) is 32.7 Å². The van der Waals surface area contributed by atoms with Crippen molar-refractivity contribution in [2.75, 3.05) is 47.5 Å². The van der Waals surface area contributed by atoms with Crippen LogP contribution in [0.5, 0.6) is 0 Å². The maximum Gasteiger partial charge on any atom is 0.306 e. The number of nitrogens with zero attached hydrogens (tertiary/aromatic N) is 1. The van der Waals surface area contributed by atoms with E-state index in [-0.39, 0.29) is 26.1 Å². The lowest BCUT2D eigenvalue weighted by Gasteiger charge is -2.28. The highest BCUT2D eigenvalue weighted by atomic mass is 31.2. The molecular formula is C43H80NO8P. The molecule has 0 aromatic rings. The van der Waals surface area contributed by atoms with E-state index in [4.69, 9.17) is 18.5 Å². The van der Waals surface area contributed by atoms with Gasteiger partial charge in [-0.3, -0.25) is 14.2 Å². The molecule has 0 saturated carbocycles. The van der Waals surface area contributed by atoms with Crippen molar-refractivity contribution in [2.45, 2.75) is 180 Å². The second-order valence-electron chi connectivity index (χ2n) is 15.4. The average molecular weight is 770 g/mol. The number of carbonyl (C=O) groups is 2. The standard InChI is InChI=1S/C43H80NO8P/c1-6-8-10-12-14-15-16-17-18-19-20-21-22-23-24-25-26-27-28-29-30-32-34-36-43(46)52-41(39-49-42(45)35-33-31-13-11-9-7-2)40-51-53(47,48)50-38-37-44(3,4)5/h16-17,19-20,22-23,41H,6-15,18,21,24-40H2,1-5H3/b17-16-,20-19-,23-22-. The van der Waals surface area contributed by atoms with Gasteiger partial charge in [-0.05, 0) is 51.4 Å². The highest BCUT2D eigenvalue weighted by Crippen LogP contribution is 2.38. The summed E-state index contributed by atoms with van der Waals surface area (Å²) < 4.78 is 33.7. The molecule has 0 spiro atoms. The highest BCUT2D eigenvalue weighted by molar-refractivity contribution is 7.45. The molecule has 0 saturated heterocycles. The normalized spacial score (nSPS) is 14.0. The number of carbonyl (C=O) groups excluding carboxylic acids is 2. The van der Waals surface area contributed by atoms with Gasteiger partial charge < -0.3 is 27.9 Å². The van der Waals surface area contributed by atoms with Crippen LogP contribution in [0, 0.1) is 0 Å². The van der Waals surface area contributed by atoms with Gasteiger partial charge in [0.15, 0.2) is 6.10 Å². The molecule has 2 unspecified atom stereocenters. The van der Waals surface area contributed by atoms with Crippen LogP contribution in [0.4, 0.5) is 0 Å². The number of ether oxygens (including phenoxy) is 2. The van der Waals surface area contributed by atoms with Gasteiger partial charge in [0.25, 0.3) is 7.82 Å². The van der Waals surface area contributed by atoms with Crippen molar-refractivity contribution in [1.29, 1.82) is 0 Å². The molecule has 0 heterocycles. The molecule has 0 aliphatic carbocycles. The van der Waals surface area contributed by atoms with Crippen molar-refractivity contribution < 1.29 is 42.1 Å². The average Bonchev–Trinajstić information content (AvgIpc) is 3.10. The predicted octanol–water partition coefficient (Wildman–Crippen LogP) is 11.1. The van der Waals surface area contributed by atoms with Gasteiger partial charge in [-0.1, -0.05) is 147 Å². The maximum absolute atomic E-state index is 12.6. The van der Waals surface area contributed by atoms with E-state index in [9.17, 15) is 19.0 Å². The van der Waals surface area contributed by atoms with Gasteiger partial charge >= 0.3 is 11.9 Å². The monoisotopic (exact) mass is 770 g/mol. The molecular weight excluding hydrogens is 689 g/mol. The molecule has 0 aliphatic heterocycles. The fourth-order valence-corrected chi connectivity index (χ4v) is 6.27. The number of likely N-dealkylation sites (N-methyl/N-ethyl adjacent to an activating group) is 1. The first-order valence-corrected chi connectivity index (χ1v) is 22.7. The Labute approximate surface area is 325 Å². The molecule has 0 radical (unpaired) electrons. The number of esters is 2. The van der Waals surface area contributed by atoms with Gasteiger partial charge in [-0.2, -0.15) is 0 Å². The smallest absolute Gasteiger partial charge is 0.306 e. The lowest BCUT2D eigenvalue weighted by atomic mass is 10.1. The van der Waals surface area contributed by atoms with Gasteiger partial charge in [0.05, 0.1) is 27.7 Å². The van der Waals surface area contributed by atoms with E-state index in [2.05, 4.69) is 50.3 Å². The minimum absolute atomic E-state index is 0.0324. The Kier molecular flexibility index (Phi) is 34.7. The quantitative estimate of drug-likeness (QED) is 0.0201. The Morgan fingerprint density at radius 1 is 0.585 bits per heavy atom. The third kappa shape index (κ3) is 39.7. The van der Waals surface area contributed by atoms with Gasteiger partial charge in [0, 0.05) is 12.8 Å². The zero-order chi connectivity index (χ0) is 39.3. The Balaban J connectivity index is 4.20. The third-order valence-electron chi connectivity index (χ3n) is 8.91. The van der Waals surface area contributed by atoms with E-state index in [1.165, 1.54) is 70.6 Å². The molecule has 310 valence electrons. The highest BCUT2D eigenvalue weighted by Gasteiger charge is 2.21. The molecule has 0 fully saturated rings. The first-order valence-electron chi connectivity index (χ1n) is 21.2. The summed E-state index contributed by atoms with van der Waals surface area (Å²) in [6.45, 7) is 4.13. The zero-order valence-electron chi connectivity index (χ0n) is 34.7. The molecule has 0 N–H and O–H groups in total. The topological polar surface area (TPSA) is 111 Å². The molecule has 53 heavy (non-hydrogen) atoms. The van der Waals surface area contributed by atoms with Gasteiger partial charge in [0.2, 0.25) is 0 Å². The number of hydrogen-bond donors (Lipinski definition) is 0. The summed E-state index contributed by atoms with van der Waals surface area (Å²) in [6.07, 6.45) is 39.2. The lowest BCUT2D eigenvalue weighted by Crippen LogP contribution is -2.37. The molecule has 0 amide bonds. The number of hydrogen-bond acceptors (Lipinski definition) is 8. The molecule has 0 rings (SSSR count). The van der Waals surface area contributed by atoms with Crippen LogP contribution in [0.2, 0.25) is 0 Å². The summed E-state index contributed by atoms with van der Waals surface area (Å²) >= 11 is 0. The van der Waals surface area contributed by atoms with Crippen molar-refractivity contribution in [2.24, 2.45) is 0 Å². The molecule has 0 bridgehead atoms. The van der Waals surface area contributed by atoms with Crippen molar-refractivity contribution >= 4 is 19.8 Å². The fraction of sp³-hybridized carbons (Fsp3) is 0.814. The van der Waals surface area contributed by atoms with Crippen LogP contribution in [0.1, 0.15) is 174 Å². The maximum atomic E-state index is 12.6. The first kappa shape index (κ1) is 51.2.